The SMILES string of the molecule is OC[C@H]1CCC[C@@H](c2ccc(F)c(F)c2)N1. The maximum atomic E-state index is 13.1. The van der Waals surface area contributed by atoms with E-state index in [0.29, 0.717) is 0 Å². The fraction of sp³-hybridized carbons (Fsp3) is 0.500. The number of aliphatic hydroxyl groups is 1. The van der Waals surface area contributed by atoms with Crippen LogP contribution in [-0.2, 0) is 0 Å². The Morgan fingerprint density at radius 1 is 1.25 bits per heavy atom. The van der Waals surface area contributed by atoms with Crippen molar-refractivity contribution in [2.24, 2.45) is 0 Å². The minimum absolute atomic E-state index is 0.0148. The Hall–Kier alpha value is -1.00. The van der Waals surface area contributed by atoms with Crippen LogP contribution in [0.1, 0.15) is 30.9 Å². The third-order valence-electron chi connectivity index (χ3n) is 3.05. The monoisotopic (exact) mass is 227 g/mol. The van der Waals surface area contributed by atoms with E-state index in [1.165, 1.54) is 6.07 Å². The van der Waals surface area contributed by atoms with Crippen LogP contribution in [0.15, 0.2) is 18.2 Å². The molecule has 1 aliphatic rings. The number of hydrogen-bond acceptors (Lipinski definition) is 2. The fourth-order valence-electron chi connectivity index (χ4n) is 2.16. The standard InChI is InChI=1S/C12H15F2NO/c13-10-5-4-8(6-11(10)14)12-3-1-2-9(7-16)15-12/h4-6,9,12,15-16H,1-3,7H2/t9-,12+/m1/s1. The summed E-state index contributed by atoms with van der Waals surface area (Å²) in [7, 11) is 0. The summed E-state index contributed by atoms with van der Waals surface area (Å²) >= 11 is 0. The molecule has 2 rings (SSSR count). The van der Waals surface area contributed by atoms with Crippen molar-refractivity contribution < 1.29 is 13.9 Å². The summed E-state index contributed by atoms with van der Waals surface area (Å²) in [5, 5.41) is 12.3. The number of halogens is 2. The summed E-state index contributed by atoms with van der Waals surface area (Å²) < 4.78 is 25.8. The van der Waals surface area contributed by atoms with Crippen molar-refractivity contribution >= 4 is 0 Å². The smallest absolute Gasteiger partial charge is 0.159 e. The average molecular weight is 227 g/mol. The molecular weight excluding hydrogens is 212 g/mol. The van der Waals surface area contributed by atoms with Crippen LogP contribution in [0, 0.1) is 11.6 Å². The zero-order valence-corrected chi connectivity index (χ0v) is 8.92. The van der Waals surface area contributed by atoms with Gasteiger partial charge in [-0.05, 0) is 37.0 Å². The van der Waals surface area contributed by atoms with Crippen LogP contribution < -0.4 is 5.32 Å². The highest BCUT2D eigenvalue weighted by Gasteiger charge is 2.22. The number of nitrogens with one attached hydrogen (secondary N) is 1. The minimum atomic E-state index is -0.821. The number of rotatable bonds is 2. The second-order valence-corrected chi connectivity index (χ2v) is 4.20. The van der Waals surface area contributed by atoms with Crippen LogP contribution in [0.3, 0.4) is 0 Å². The fourth-order valence-corrected chi connectivity index (χ4v) is 2.16. The summed E-state index contributed by atoms with van der Waals surface area (Å²) in [6.45, 7) is 0.0835. The van der Waals surface area contributed by atoms with Crippen molar-refractivity contribution in [3.05, 3.63) is 35.4 Å². The average Bonchev–Trinajstić information content (AvgIpc) is 2.33. The normalized spacial score (nSPS) is 25.7. The van der Waals surface area contributed by atoms with Gasteiger partial charge in [0, 0.05) is 12.1 Å². The van der Waals surface area contributed by atoms with Gasteiger partial charge in [-0.25, -0.2) is 8.78 Å². The topological polar surface area (TPSA) is 32.3 Å². The molecule has 0 radical (unpaired) electrons. The Morgan fingerprint density at radius 2 is 2.06 bits per heavy atom. The molecular formula is C12H15F2NO. The van der Waals surface area contributed by atoms with Crippen molar-refractivity contribution in [1.82, 2.24) is 5.32 Å². The van der Waals surface area contributed by atoms with E-state index < -0.39 is 11.6 Å². The first-order chi connectivity index (χ1) is 7.70. The first-order valence-corrected chi connectivity index (χ1v) is 5.52. The zero-order valence-electron chi connectivity index (χ0n) is 8.92. The predicted molar refractivity (Wildman–Crippen MR) is 57.0 cm³/mol. The summed E-state index contributed by atoms with van der Waals surface area (Å²) in [6.07, 6.45) is 2.81. The maximum Gasteiger partial charge on any atom is 0.159 e. The largest absolute Gasteiger partial charge is 0.395 e. The molecule has 1 aromatic carbocycles. The van der Waals surface area contributed by atoms with E-state index in [4.69, 9.17) is 5.11 Å². The van der Waals surface area contributed by atoms with Gasteiger partial charge in [0.15, 0.2) is 11.6 Å². The Bertz CT molecular complexity index is 370. The van der Waals surface area contributed by atoms with Gasteiger partial charge >= 0.3 is 0 Å². The van der Waals surface area contributed by atoms with Gasteiger partial charge in [-0.2, -0.15) is 0 Å². The summed E-state index contributed by atoms with van der Waals surface area (Å²) in [4.78, 5) is 0. The number of hydrogen-bond donors (Lipinski definition) is 2. The molecule has 2 N–H and O–H groups in total. The van der Waals surface area contributed by atoms with Crippen molar-refractivity contribution in [2.75, 3.05) is 6.61 Å². The summed E-state index contributed by atoms with van der Waals surface area (Å²) in [6, 6.07) is 4.05. The molecule has 2 atom stereocenters. The maximum absolute atomic E-state index is 13.1. The van der Waals surface area contributed by atoms with Gasteiger partial charge in [-0.15, -0.1) is 0 Å². The quantitative estimate of drug-likeness (QED) is 0.811. The molecule has 16 heavy (non-hydrogen) atoms. The van der Waals surface area contributed by atoms with Crippen LogP contribution >= 0.6 is 0 Å². The van der Waals surface area contributed by atoms with Crippen LogP contribution in [0.2, 0.25) is 0 Å². The van der Waals surface area contributed by atoms with Crippen molar-refractivity contribution in [3.63, 3.8) is 0 Å². The van der Waals surface area contributed by atoms with Gasteiger partial charge in [0.25, 0.3) is 0 Å². The van der Waals surface area contributed by atoms with E-state index in [2.05, 4.69) is 5.32 Å². The Morgan fingerprint density at radius 3 is 2.75 bits per heavy atom. The molecule has 1 saturated heterocycles. The molecule has 0 aliphatic carbocycles. The van der Waals surface area contributed by atoms with Crippen molar-refractivity contribution in [2.45, 2.75) is 31.3 Å². The molecule has 0 unspecified atom stereocenters. The Kier molecular flexibility index (Phi) is 3.51. The molecule has 0 aromatic heterocycles. The number of piperidine rings is 1. The number of aliphatic hydroxyl groups excluding tert-OH is 1. The molecule has 0 saturated carbocycles. The summed E-state index contributed by atoms with van der Waals surface area (Å²) in [5.74, 6) is -1.64. The van der Waals surface area contributed by atoms with E-state index in [1.54, 1.807) is 6.07 Å². The van der Waals surface area contributed by atoms with E-state index >= 15 is 0 Å². The molecule has 4 heteroatoms. The lowest BCUT2D eigenvalue weighted by molar-refractivity contribution is 0.198. The second-order valence-electron chi connectivity index (χ2n) is 4.20. The van der Waals surface area contributed by atoms with Gasteiger partial charge in [-0.1, -0.05) is 6.07 Å². The number of benzene rings is 1. The van der Waals surface area contributed by atoms with Gasteiger partial charge in [-0.3, -0.25) is 0 Å². The molecule has 0 spiro atoms. The second kappa shape index (κ2) is 4.89. The third-order valence-corrected chi connectivity index (χ3v) is 3.05. The third kappa shape index (κ3) is 2.39. The highest BCUT2D eigenvalue weighted by molar-refractivity contribution is 5.21. The molecule has 1 fully saturated rings. The van der Waals surface area contributed by atoms with Crippen LogP contribution in [0.25, 0.3) is 0 Å². The zero-order chi connectivity index (χ0) is 11.5. The molecule has 1 aliphatic heterocycles. The molecule has 1 aromatic rings. The summed E-state index contributed by atoms with van der Waals surface area (Å²) in [5.41, 5.74) is 0.747. The highest BCUT2D eigenvalue weighted by Crippen LogP contribution is 2.26. The molecule has 0 bridgehead atoms. The lowest BCUT2D eigenvalue weighted by Crippen LogP contribution is -2.39. The minimum Gasteiger partial charge on any atom is -0.395 e. The Balaban J connectivity index is 2.13. The highest BCUT2D eigenvalue weighted by atomic mass is 19.2. The first kappa shape index (κ1) is 11.5. The van der Waals surface area contributed by atoms with E-state index in [0.717, 1.165) is 30.9 Å². The lowest BCUT2D eigenvalue weighted by Gasteiger charge is -2.30. The molecule has 2 nitrogen and oxygen atoms in total. The van der Waals surface area contributed by atoms with Gasteiger partial charge in [0.1, 0.15) is 0 Å². The molecule has 0 amide bonds. The molecule has 1 heterocycles. The van der Waals surface area contributed by atoms with E-state index in [1.807, 2.05) is 0 Å². The van der Waals surface area contributed by atoms with Crippen LogP contribution in [-0.4, -0.2) is 17.8 Å². The van der Waals surface area contributed by atoms with Gasteiger partial charge in [0.2, 0.25) is 0 Å². The predicted octanol–water partition coefficient (Wildman–Crippen LogP) is 2.14. The Labute approximate surface area is 93.3 Å². The van der Waals surface area contributed by atoms with E-state index in [-0.39, 0.29) is 18.7 Å². The molecule has 88 valence electrons. The van der Waals surface area contributed by atoms with Crippen LogP contribution in [0.4, 0.5) is 8.78 Å². The van der Waals surface area contributed by atoms with Crippen LogP contribution in [0.5, 0.6) is 0 Å². The van der Waals surface area contributed by atoms with E-state index in [9.17, 15) is 8.78 Å². The van der Waals surface area contributed by atoms with Crippen molar-refractivity contribution in [1.29, 1.82) is 0 Å². The first-order valence-electron chi connectivity index (χ1n) is 5.52. The van der Waals surface area contributed by atoms with Gasteiger partial charge < -0.3 is 10.4 Å². The van der Waals surface area contributed by atoms with Gasteiger partial charge in [0.05, 0.1) is 6.61 Å². The lowest BCUT2D eigenvalue weighted by atomic mass is 9.93. The van der Waals surface area contributed by atoms with Crippen molar-refractivity contribution in [3.8, 4) is 0 Å².